The largest absolute Gasteiger partial charge is 0.369 e. The van der Waals surface area contributed by atoms with Crippen LogP contribution in [0.5, 0.6) is 0 Å². The fraction of sp³-hybridized carbons (Fsp3) is 0.444. The van der Waals surface area contributed by atoms with E-state index < -0.39 is 5.91 Å². The van der Waals surface area contributed by atoms with Crippen LogP contribution in [0.2, 0.25) is 0 Å². The molecule has 2 aromatic rings. The van der Waals surface area contributed by atoms with Gasteiger partial charge in [-0.05, 0) is 39.2 Å². The minimum Gasteiger partial charge on any atom is -0.369 e. The predicted molar refractivity (Wildman–Crippen MR) is 98.5 cm³/mol. The van der Waals surface area contributed by atoms with E-state index in [-0.39, 0.29) is 5.54 Å². The molecule has 0 aliphatic heterocycles. The SMILES string of the molecule is C=CCCCNc1nc(Cc2cnn(C(C)(C)C)c2)ncc1C(N)=O. The number of nitrogens with two attached hydrogens (primary N) is 1. The zero-order chi connectivity index (χ0) is 18.4. The van der Waals surface area contributed by atoms with Crippen LogP contribution in [0, 0.1) is 0 Å². The van der Waals surface area contributed by atoms with Crippen LogP contribution < -0.4 is 11.1 Å². The highest BCUT2D eigenvalue weighted by atomic mass is 16.1. The molecular weight excluding hydrogens is 316 g/mol. The number of anilines is 1. The lowest BCUT2D eigenvalue weighted by Gasteiger charge is -2.18. The Morgan fingerprint density at radius 3 is 2.76 bits per heavy atom. The molecule has 0 aromatic carbocycles. The van der Waals surface area contributed by atoms with Crippen LogP contribution in [0.15, 0.2) is 31.2 Å². The number of nitrogens with one attached hydrogen (secondary N) is 1. The van der Waals surface area contributed by atoms with E-state index in [0.29, 0.717) is 30.2 Å². The van der Waals surface area contributed by atoms with E-state index >= 15 is 0 Å². The molecule has 0 fully saturated rings. The van der Waals surface area contributed by atoms with Crippen molar-refractivity contribution < 1.29 is 4.79 Å². The van der Waals surface area contributed by atoms with Gasteiger partial charge in [0.25, 0.3) is 5.91 Å². The summed E-state index contributed by atoms with van der Waals surface area (Å²) < 4.78 is 1.91. The van der Waals surface area contributed by atoms with Crippen LogP contribution >= 0.6 is 0 Å². The number of nitrogens with zero attached hydrogens (tertiary/aromatic N) is 4. The number of hydrogen-bond acceptors (Lipinski definition) is 5. The molecule has 0 spiro atoms. The Morgan fingerprint density at radius 1 is 1.40 bits per heavy atom. The van der Waals surface area contributed by atoms with Gasteiger partial charge in [-0.25, -0.2) is 9.97 Å². The first-order chi connectivity index (χ1) is 11.8. The highest BCUT2D eigenvalue weighted by molar-refractivity contribution is 5.97. The van der Waals surface area contributed by atoms with E-state index in [9.17, 15) is 4.79 Å². The monoisotopic (exact) mass is 342 g/mol. The van der Waals surface area contributed by atoms with Gasteiger partial charge in [-0.3, -0.25) is 9.48 Å². The Kier molecular flexibility index (Phi) is 5.90. The van der Waals surface area contributed by atoms with Crippen molar-refractivity contribution in [2.45, 2.75) is 45.6 Å². The van der Waals surface area contributed by atoms with E-state index in [1.165, 1.54) is 6.20 Å². The summed E-state index contributed by atoms with van der Waals surface area (Å²) in [5.41, 5.74) is 6.65. The summed E-state index contributed by atoms with van der Waals surface area (Å²) >= 11 is 0. The molecule has 0 aliphatic carbocycles. The van der Waals surface area contributed by atoms with Crippen molar-refractivity contribution in [2.24, 2.45) is 5.73 Å². The molecule has 2 rings (SSSR count). The summed E-state index contributed by atoms with van der Waals surface area (Å²) in [6.45, 7) is 10.7. The summed E-state index contributed by atoms with van der Waals surface area (Å²) in [4.78, 5) is 20.3. The van der Waals surface area contributed by atoms with E-state index in [1.54, 1.807) is 0 Å². The minimum atomic E-state index is -0.543. The highest BCUT2D eigenvalue weighted by Crippen LogP contribution is 2.16. The molecule has 0 atom stereocenters. The number of hydrogen-bond donors (Lipinski definition) is 2. The minimum absolute atomic E-state index is 0.0766. The molecule has 0 bridgehead atoms. The van der Waals surface area contributed by atoms with Gasteiger partial charge in [0.1, 0.15) is 11.6 Å². The summed E-state index contributed by atoms with van der Waals surface area (Å²) in [7, 11) is 0. The first-order valence-electron chi connectivity index (χ1n) is 8.36. The number of unbranched alkanes of at least 4 members (excludes halogenated alkanes) is 1. The van der Waals surface area contributed by atoms with Crippen molar-refractivity contribution >= 4 is 11.7 Å². The lowest BCUT2D eigenvalue weighted by molar-refractivity contribution is 0.100. The molecule has 7 heteroatoms. The third-order valence-electron chi connectivity index (χ3n) is 3.67. The highest BCUT2D eigenvalue weighted by Gasteiger charge is 2.16. The Morgan fingerprint density at radius 2 is 2.16 bits per heavy atom. The average Bonchev–Trinajstić information content (AvgIpc) is 3.00. The van der Waals surface area contributed by atoms with Crippen molar-refractivity contribution in [3.05, 3.63) is 48.2 Å². The number of rotatable bonds is 8. The second kappa shape index (κ2) is 7.92. The normalized spacial score (nSPS) is 11.3. The third kappa shape index (κ3) is 5.14. The van der Waals surface area contributed by atoms with Gasteiger partial charge in [-0.1, -0.05) is 6.08 Å². The van der Waals surface area contributed by atoms with Gasteiger partial charge in [0.05, 0.1) is 17.3 Å². The van der Waals surface area contributed by atoms with E-state index in [0.717, 1.165) is 18.4 Å². The van der Waals surface area contributed by atoms with Crippen LogP contribution in [0.25, 0.3) is 0 Å². The Hall–Kier alpha value is -2.70. The van der Waals surface area contributed by atoms with Crippen molar-refractivity contribution in [3.63, 3.8) is 0 Å². The van der Waals surface area contributed by atoms with Gasteiger partial charge in [-0.15, -0.1) is 6.58 Å². The van der Waals surface area contributed by atoms with Gasteiger partial charge in [0, 0.05) is 25.4 Å². The second-order valence-electron chi connectivity index (χ2n) is 6.91. The van der Waals surface area contributed by atoms with E-state index in [4.69, 9.17) is 5.73 Å². The fourth-order valence-corrected chi connectivity index (χ4v) is 2.27. The maximum absolute atomic E-state index is 11.6. The summed E-state index contributed by atoms with van der Waals surface area (Å²) in [6, 6.07) is 0. The van der Waals surface area contributed by atoms with Gasteiger partial charge in [0.15, 0.2) is 0 Å². The van der Waals surface area contributed by atoms with Gasteiger partial charge < -0.3 is 11.1 Å². The lowest BCUT2D eigenvalue weighted by atomic mass is 10.1. The molecule has 0 unspecified atom stereocenters. The molecule has 0 saturated heterocycles. The van der Waals surface area contributed by atoms with Crippen molar-refractivity contribution in [1.29, 1.82) is 0 Å². The smallest absolute Gasteiger partial charge is 0.254 e. The Labute approximate surface area is 148 Å². The lowest BCUT2D eigenvalue weighted by Crippen LogP contribution is -2.22. The zero-order valence-electron chi connectivity index (χ0n) is 15.1. The Bertz CT molecular complexity index is 744. The fourth-order valence-electron chi connectivity index (χ4n) is 2.27. The molecule has 0 aliphatic rings. The number of carbonyl (C=O) groups is 1. The van der Waals surface area contributed by atoms with Crippen LogP contribution in [0.4, 0.5) is 5.82 Å². The molecule has 2 heterocycles. The summed E-state index contributed by atoms with van der Waals surface area (Å²) in [5, 5.41) is 7.55. The first-order valence-corrected chi connectivity index (χ1v) is 8.36. The quantitative estimate of drug-likeness (QED) is 0.567. The molecule has 3 N–H and O–H groups in total. The molecule has 0 radical (unpaired) electrons. The molecule has 2 aromatic heterocycles. The average molecular weight is 342 g/mol. The summed E-state index contributed by atoms with van der Waals surface area (Å²) in [6.07, 6.45) is 9.47. The Balaban J connectivity index is 2.16. The van der Waals surface area contributed by atoms with Crippen molar-refractivity contribution in [3.8, 4) is 0 Å². The standard InChI is InChI=1S/C18H26N6O/c1-5-6-7-8-20-17-14(16(19)25)11-21-15(23-17)9-13-10-22-24(12-13)18(2,3)4/h5,10-12H,1,6-9H2,2-4H3,(H2,19,25)(H,20,21,23). The maximum atomic E-state index is 11.6. The van der Waals surface area contributed by atoms with Crippen molar-refractivity contribution in [1.82, 2.24) is 19.7 Å². The number of carbonyl (C=O) groups excluding carboxylic acids is 1. The molecular formula is C18H26N6O. The topological polar surface area (TPSA) is 98.7 Å². The zero-order valence-corrected chi connectivity index (χ0v) is 15.1. The number of allylic oxidation sites excluding steroid dienone is 1. The number of amides is 1. The molecule has 0 saturated carbocycles. The number of primary amides is 1. The van der Waals surface area contributed by atoms with Crippen LogP contribution in [0.3, 0.4) is 0 Å². The van der Waals surface area contributed by atoms with Crippen molar-refractivity contribution in [2.75, 3.05) is 11.9 Å². The molecule has 25 heavy (non-hydrogen) atoms. The predicted octanol–water partition coefficient (Wildman–Crippen LogP) is 2.50. The molecule has 7 nitrogen and oxygen atoms in total. The third-order valence-corrected chi connectivity index (χ3v) is 3.67. The van der Waals surface area contributed by atoms with Crippen LogP contribution in [-0.2, 0) is 12.0 Å². The van der Waals surface area contributed by atoms with Gasteiger partial charge in [0.2, 0.25) is 0 Å². The first kappa shape index (κ1) is 18.6. The number of aromatic nitrogens is 4. The molecule has 134 valence electrons. The van der Waals surface area contributed by atoms with Crippen LogP contribution in [0.1, 0.15) is 55.4 Å². The van der Waals surface area contributed by atoms with E-state index in [2.05, 4.69) is 47.7 Å². The van der Waals surface area contributed by atoms with Gasteiger partial charge >= 0.3 is 0 Å². The summed E-state index contributed by atoms with van der Waals surface area (Å²) in [5.74, 6) is 0.549. The maximum Gasteiger partial charge on any atom is 0.254 e. The van der Waals surface area contributed by atoms with Crippen LogP contribution in [-0.4, -0.2) is 32.2 Å². The van der Waals surface area contributed by atoms with E-state index in [1.807, 2.05) is 23.2 Å². The second-order valence-corrected chi connectivity index (χ2v) is 6.91. The van der Waals surface area contributed by atoms with Gasteiger partial charge in [-0.2, -0.15) is 5.10 Å². The molecule has 1 amide bonds.